The van der Waals surface area contributed by atoms with Crippen molar-refractivity contribution in [3.05, 3.63) is 88.9 Å². The van der Waals surface area contributed by atoms with E-state index in [0.717, 1.165) is 46.3 Å². The molecule has 3 aromatic carbocycles. The summed E-state index contributed by atoms with van der Waals surface area (Å²) in [6.07, 6.45) is 0.854. The van der Waals surface area contributed by atoms with Gasteiger partial charge in [0.2, 0.25) is 0 Å². The van der Waals surface area contributed by atoms with Crippen molar-refractivity contribution in [1.29, 1.82) is 0 Å². The van der Waals surface area contributed by atoms with E-state index >= 15 is 0 Å². The molecule has 2 heterocycles. The summed E-state index contributed by atoms with van der Waals surface area (Å²) in [5, 5.41) is 4.60. The number of carbonyl (C=O) groups excluding carboxylic acids is 1. The van der Waals surface area contributed by atoms with Gasteiger partial charge in [0.15, 0.2) is 5.13 Å². The minimum Gasteiger partial charge on any atom is -0.375 e. The number of H-pyrrole nitrogens is 1. The molecule has 35 heavy (non-hydrogen) atoms. The molecule has 178 valence electrons. The lowest BCUT2D eigenvalue weighted by atomic mass is 10.1. The molecule has 4 N–H and O–H groups in total. The van der Waals surface area contributed by atoms with Crippen molar-refractivity contribution in [2.75, 3.05) is 24.6 Å². The molecule has 0 aliphatic rings. The second-order valence-electron chi connectivity index (χ2n) is 8.75. The summed E-state index contributed by atoms with van der Waals surface area (Å²) in [7, 11) is 2.10. The summed E-state index contributed by atoms with van der Waals surface area (Å²) in [4.78, 5) is 22.8. The van der Waals surface area contributed by atoms with Crippen molar-refractivity contribution < 1.29 is 9.18 Å². The first kappa shape index (κ1) is 23.0. The highest BCUT2D eigenvalue weighted by molar-refractivity contribution is 7.22. The summed E-state index contributed by atoms with van der Waals surface area (Å²) in [5.41, 5.74) is 12.5. The van der Waals surface area contributed by atoms with E-state index in [0.29, 0.717) is 16.4 Å². The number of halogens is 1. The minimum absolute atomic E-state index is 0.269. The molecule has 0 atom stereocenters. The van der Waals surface area contributed by atoms with Crippen LogP contribution in [0.2, 0.25) is 0 Å². The lowest BCUT2D eigenvalue weighted by Gasteiger charge is -2.17. The molecule has 0 aliphatic carbocycles. The topological polar surface area (TPSA) is 87.0 Å². The number of hydrogen-bond donors (Lipinski definition) is 3. The number of aromatic amines is 1. The van der Waals surface area contributed by atoms with Crippen LogP contribution in [-0.4, -0.2) is 34.4 Å². The van der Waals surface area contributed by atoms with Crippen molar-refractivity contribution >= 4 is 49.2 Å². The number of amides is 1. The zero-order chi connectivity index (χ0) is 24.5. The van der Waals surface area contributed by atoms with E-state index in [1.807, 2.05) is 18.2 Å². The predicted molar refractivity (Wildman–Crippen MR) is 141 cm³/mol. The molecule has 0 radical (unpaired) electrons. The number of nitrogens with zero attached hydrogens (tertiary/aromatic N) is 2. The normalized spacial score (nSPS) is 11.5. The molecule has 2 aromatic heterocycles. The third-order valence-electron chi connectivity index (χ3n) is 6.19. The summed E-state index contributed by atoms with van der Waals surface area (Å²) in [5.74, 6) is -0.637. The number of thiazole rings is 1. The van der Waals surface area contributed by atoms with Crippen LogP contribution in [0.25, 0.3) is 21.1 Å². The van der Waals surface area contributed by atoms with Crippen LogP contribution in [0.3, 0.4) is 0 Å². The van der Waals surface area contributed by atoms with Crippen LogP contribution in [0.5, 0.6) is 0 Å². The van der Waals surface area contributed by atoms with E-state index in [2.05, 4.69) is 52.4 Å². The highest BCUT2D eigenvalue weighted by Gasteiger charge is 2.14. The zero-order valence-electron chi connectivity index (χ0n) is 19.6. The minimum atomic E-state index is -0.368. The number of fused-ring (bicyclic) bond motifs is 2. The van der Waals surface area contributed by atoms with Gasteiger partial charge in [-0.25, -0.2) is 9.37 Å². The van der Waals surface area contributed by atoms with Gasteiger partial charge in [0.25, 0.3) is 5.91 Å². The van der Waals surface area contributed by atoms with Gasteiger partial charge in [0.05, 0.1) is 10.2 Å². The summed E-state index contributed by atoms with van der Waals surface area (Å²) in [6, 6.07) is 17.6. The Labute approximate surface area is 206 Å². The lowest BCUT2D eigenvalue weighted by Crippen LogP contribution is -2.21. The molecule has 0 saturated heterocycles. The fourth-order valence-electron chi connectivity index (χ4n) is 4.41. The van der Waals surface area contributed by atoms with Crippen LogP contribution in [0.4, 0.5) is 15.2 Å². The first-order chi connectivity index (χ1) is 16.9. The number of aryl methyl sites for hydroxylation is 1. The number of rotatable bonds is 7. The molecular formula is C27H26FN5OS. The maximum absolute atomic E-state index is 13.2. The van der Waals surface area contributed by atoms with Gasteiger partial charge in [-0.2, -0.15) is 0 Å². The number of anilines is 2. The SMILES string of the molecule is Cc1[nH]c2ccc(NC(=O)c3ccc(F)cc3)cc2c1CCN(C)Cc1cccc2sc(N)nc12. The van der Waals surface area contributed by atoms with E-state index in [9.17, 15) is 9.18 Å². The largest absolute Gasteiger partial charge is 0.375 e. The highest BCUT2D eigenvalue weighted by Crippen LogP contribution is 2.28. The van der Waals surface area contributed by atoms with Crippen LogP contribution in [-0.2, 0) is 13.0 Å². The Morgan fingerprint density at radius 2 is 1.97 bits per heavy atom. The molecule has 0 spiro atoms. The molecule has 0 bridgehead atoms. The van der Waals surface area contributed by atoms with Gasteiger partial charge < -0.3 is 20.9 Å². The predicted octanol–water partition coefficient (Wildman–Crippen LogP) is 5.73. The zero-order valence-corrected chi connectivity index (χ0v) is 20.4. The number of nitrogens with one attached hydrogen (secondary N) is 2. The maximum atomic E-state index is 13.2. The summed E-state index contributed by atoms with van der Waals surface area (Å²) >= 11 is 1.51. The number of para-hydroxylation sites is 1. The van der Waals surface area contributed by atoms with Crippen molar-refractivity contribution in [2.24, 2.45) is 0 Å². The van der Waals surface area contributed by atoms with Gasteiger partial charge in [-0.05, 0) is 80.1 Å². The molecule has 1 amide bonds. The Morgan fingerprint density at radius 1 is 1.17 bits per heavy atom. The van der Waals surface area contributed by atoms with Gasteiger partial charge in [0, 0.05) is 40.9 Å². The average molecular weight is 488 g/mol. The quantitative estimate of drug-likeness (QED) is 0.273. The van der Waals surface area contributed by atoms with Crippen molar-refractivity contribution in [2.45, 2.75) is 19.9 Å². The molecule has 0 unspecified atom stereocenters. The van der Waals surface area contributed by atoms with Crippen LogP contribution in [0.15, 0.2) is 60.7 Å². The van der Waals surface area contributed by atoms with Crippen molar-refractivity contribution in [1.82, 2.24) is 14.9 Å². The number of nitrogen functional groups attached to an aromatic ring is 1. The van der Waals surface area contributed by atoms with Crippen LogP contribution in [0, 0.1) is 12.7 Å². The number of benzene rings is 3. The van der Waals surface area contributed by atoms with Gasteiger partial charge >= 0.3 is 0 Å². The average Bonchev–Trinajstić information content (AvgIpc) is 3.36. The van der Waals surface area contributed by atoms with E-state index in [-0.39, 0.29) is 11.7 Å². The number of carbonyl (C=O) groups is 1. The molecule has 0 fully saturated rings. The van der Waals surface area contributed by atoms with E-state index in [1.54, 1.807) is 0 Å². The Morgan fingerprint density at radius 3 is 2.77 bits per heavy atom. The molecule has 0 aliphatic heterocycles. The van der Waals surface area contributed by atoms with Crippen LogP contribution < -0.4 is 11.1 Å². The first-order valence-corrected chi connectivity index (χ1v) is 12.2. The Balaban J connectivity index is 1.31. The second kappa shape index (κ2) is 9.48. The maximum Gasteiger partial charge on any atom is 0.255 e. The second-order valence-corrected chi connectivity index (χ2v) is 9.82. The lowest BCUT2D eigenvalue weighted by molar-refractivity contribution is 0.102. The third-order valence-corrected chi connectivity index (χ3v) is 7.04. The Kier molecular flexibility index (Phi) is 6.23. The molecular weight excluding hydrogens is 461 g/mol. The van der Waals surface area contributed by atoms with Gasteiger partial charge in [0.1, 0.15) is 5.82 Å². The van der Waals surface area contributed by atoms with Gasteiger partial charge in [-0.15, -0.1) is 0 Å². The number of aromatic nitrogens is 2. The molecule has 5 aromatic rings. The smallest absolute Gasteiger partial charge is 0.255 e. The van der Waals surface area contributed by atoms with E-state index in [1.165, 1.54) is 46.7 Å². The van der Waals surface area contributed by atoms with E-state index < -0.39 is 0 Å². The molecule has 8 heteroatoms. The number of nitrogens with two attached hydrogens (primary N) is 1. The summed E-state index contributed by atoms with van der Waals surface area (Å²) in [6.45, 7) is 3.71. The van der Waals surface area contributed by atoms with Crippen LogP contribution >= 0.6 is 11.3 Å². The van der Waals surface area contributed by atoms with Crippen LogP contribution in [0.1, 0.15) is 27.2 Å². The van der Waals surface area contributed by atoms with E-state index in [4.69, 9.17) is 5.73 Å². The van der Waals surface area contributed by atoms with Gasteiger partial charge in [-0.1, -0.05) is 23.5 Å². The molecule has 0 saturated carbocycles. The molecule has 6 nitrogen and oxygen atoms in total. The highest BCUT2D eigenvalue weighted by atomic mass is 32.1. The number of hydrogen-bond acceptors (Lipinski definition) is 5. The monoisotopic (exact) mass is 487 g/mol. The fourth-order valence-corrected chi connectivity index (χ4v) is 5.19. The molecule has 5 rings (SSSR count). The standard InChI is InChI=1S/C27H26FN5OS/c1-16-21(12-13-33(2)15-18-4-3-5-24-25(18)32-27(29)35-24)22-14-20(10-11-23(22)30-16)31-26(34)17-6-8-19(28)9-7-17/h3-11,14,30H,12-13,15H2,1-2H3,(H2,29,32)(H,31,34). The first-order valence-electron chi connectivity index (χ1n) is 11.4. The van der Waals surface area contributed by atoms with Gasteiger partial charge in [-0.3, -0.25) is 4.79 Å². The Bertz CT molecular complexity index is 1520. The summed E-state index contributed by atoms with van der Waals surface area (Å²) < 4.78 is 14.3. The Hall–Kier alpha value is -3.75. The third kappa shape index (κ3) is 4.89. The fraction of sp³-hybridized carbons (Fsp3) is 0.185. The van der Waals surface area contributed by atoms with Crippen molar-refractivity contribution in [3.63, 3.8) is 0 Å². The number of likely N-dealkylation sites (N-methyl/N-ethyl adjacent to an activating group) is 1. The van der Waals surface area contributed by atoms with Crippen molar-refractivity contribution in [3.8, 4) is 0 Å².